The lowest BCUT2D eigenvalue weighted by Crippen LogP contribution is -2.65. The van der Waals surface area contributed by atoms with Crippen molar-refractivity contribution < 1.29 is 19.1 Å². The molecule has 0 bridgehead atoms. The Morgan fingerprint density at radius 3 is 2.46 bits per heavy atom. The molecule has 2 aliphatic rings. The first-order valence-electron chi connectivity index (χ1n) is 12.4. The van der Waals surface area contributed by atoms with Crippen LogP contribution in [0.4, 0.5) is 5.69 Å². The Hall–Kier alpha value is -3.00. The van der Waals surface area contributed by atoms with Gasteiger partial charge in [0.05, 0.1) is 31.0 Å². The van der Waals surface area contributed by atoms with Gasteiger partial charge < -0.3 is 19.4 Å². The molecule has 1 aliphatic heterocycles. The van der Waals surface area contributed by atoms with Crippen LogP contribution in [0.5, 0.6) is 11.5 Å². The van der Waals surface area contributed by atoms with Crippen LogP contribution in [-0.2, 0) is 11.3 Å². The minimum absolute atomic E-state index is 0.117. The molecule has 3 heterocycles. The highest BCUT2D eigenvalue weighted by molar-refractivity contribution is 7.17. The van der Waals surface area contributed by atoms with Gasteiger partial charge in [0, 0.05) is 17.8 Å². The average Bonchev–Trinajstić information content (AvgIpc) is 3.43. The van der Waals surface area contributed by atoms with Gasteiger partial charge in [-0.3, -0.25) is 14.5 Å². The number of carbonyl (C=O) groups is 2. The maximum Gasteiger partial charge on any atom is 0.275 e. The van der Waals surface area contributed by atoms with Gasteiger partial charge in [-0.2, -0.15) is 0 Å². The fourth-order valence-electron chi connectivity index (χ4n) is 5.52. The smallest absolute Gasteiger partial charge is 0.275 e. The predicted octanol–water partition coefficient (Wildman–Crippen LogP) is 5.37. The number of aromatic nitrogens is 1. The van der Waals surface area contributed by atoms with E-state index < -0.39 is 5.54 Å². The van der Waals surface area contributed by atoms with Crippen LogP contribution >= 0.6 is 11.3 Å². The van der Waals surface area contributed by atoms with E-state index in [1.165, 1.54) is 19.3 Å². The monoisotopic (exact) mass is 495 g/mol. The zero-order valence-electron chi connectivity index (χ0n) is 20.6. The average molecular weight is 496 g/mol. The summed E-state index contributed by atoms with van der Waals surface area (Å²) >= 11 is 1.60. The molecule has 2 amide bonds. The molecule has 1 N–H and O–H groups in total. The van der Waals surface area contributed by atoms with Crippen LogP contribution in [0.3, 0.4) is 0 Å². The van der Waals surface area contributed by atoms with E-state index in [-0.39, 0.29) is 17.9 Å². The summed E-state index contributed by atoms with van der Waals surface area (Å²) in [6.07, 6.45) is 7.90. The third kappa shape index (κ3) is 4.18. The largest absolute Gasteiger partial charge is 0.493 e. The Morgan fingerprint density at radius 1 is 1.03 bits per heavy atom. The number of anilines is 1. The van der Waals surface area contributed by atoms with E-state index in [1.54, 1.807) is 42.6 Å². The second-order valence-electron chi connectivity index (χ2n) is 9.76. The number of carbonyl (C=O) groups excluding carboxylic acids is 2. The summed E-state index contributed by atoms with van der Waals surface area (Å²) in [6, 6.07) is 9.47. The first kappa shape index (κ1) is 23.7. The fourth-order valence-corrected chi connectivity index (χ4v) is 6.34. The van der Waals surface area contributed by atoms with Gasteiger partial charge in [-0.05, 0) is 49.4 Å². The number of rotatable bonds is 5. The second kappa shape index (κ2) is 9.57. The van der Waals surface area contributed by atoms with Gasteiger partial charge >= 0.3 is 0 Å². The van der Waals surface area contributed by atoms with E-state index in [0.29, 0.717) is 29.4 Å². The number of hydrogen-bond acceptors (Lipinski definition) is 5. The van der Waals surface area contributed by atoms with Gasteiger partial charge in [0.25, 0.3) is 5.91 Å². The molecule has 1 atom stereocenters. The number of fused-ring (bicyclic) bond motifs is 3. The topological polar surface area (TPSA) is 72.8 Å². The molecule has 0 saturated heterocycles. The SMILES string of the molecule is COc1ccc(N2C(=O)c3cc4sccc4n3CC2(C)C(=O)NC2CCCCCCC2)cc1OC. The molecule has 7 nitrogen and oxygen atoms in total. The Labute approximate surface area is 210 Å². The number of thiophene rings is 1. The van der Waals surface area contributed by atoms with E-state index in [0.717, 1.165) is 35.9 Å². The lowest BCUT2D eigenvalue weighted by atomic mass is 9.91. The molecular formula is C27H33N3O4S. The number of ether oxygens (including phenoxy) is 2. The van der Waals surface area contributed by atoms with Crippen molar-refractivity contribution in [2.45, 2.75) is 70.0 Å². The van der Waals surface area contributed by atoms with E-state index >= 15 is 0 Å². The second-order valence-corrected chi connectivity index (χ2v) is 10.7. The van der Waals surface area contributed by atoms with Gasteiger partial charge in [-0.15, -0.1) is 11.3 Å². The van der Waals surface area contributed by atoms with Crippen molar-refractivity contribution in [3.05, 3.63) is 41.4 Å². The van der Waals surface area contributed by atoms with Gasteiger partial charge in [0.2, 0.25) is 5.91 Å². The number of hydrogen-bond donors (Lipinski definition) is 1. The number of benzene rings is 1. The lowest BCUT2D eigenvalue weighted by molar-refractivity contribution is -0.127. The molecule has 3 aromatic rings. The summed E-state index contributed by atoms with van der Waals surface area (Å²) < 4.78 is 14.0. The molecule has 1 fully saturated rings. The molecule has 5 rings (SSSR count). The van der Waals surface area contributed by atoms with Crippen LogP contribution in [0.15, 0.2) is 35.7 Å². The Balaban J connectivity index is 1.57. The highest BCUT2D eigenvalue weighted by Gasteiger charge is 2.49. The Morgan fingerprint density at radius 2 is 1.74 bits per heavy atom. The van der Waals surface area contributed by atoms with Crippen molar-refractivity contribution in [2.24, 2.45) is 0 Å². The van der Waals surface area contributed by atoms with Crippen molar-refractivity contribution >= 4 is 39.1 Å². The van der Waals surface area contributed by atoms with Crippen LogP contribution in [0.25, 0.3) is 10.2 Å². The Kier molecular flexibility index (Phi) is 6.49. The number of nitrogens with zero attached hydrogens (tertiary/aromatic N) is 2. The van der Waals surface area contributed by atoms with Crippen molar-refractivity contribution in [3.63, 3.8) is 0 Å². The van der Waals surface area contributed by atoms with E-state index in [4.69, 9.17) is 9.47 Å². The quantitative estimate of drug-likeness (QED) is 0.517. The first-order chi connectivity index (χ1) is 17.0. The molecule has 1 saturated carbocycles. The van der Waals surface area contributed by atoms with Gasteiger partial charge in [0.15, 0.2) is 11.5 Å². The van der Waals surface area contributed by atoms with Crippen molar-refractivity contribution in [1.82, 2.24) is 9.88 Å². The normalized spacial score (nSPS) is 21.3. The standard InChI is InChI=1S/C27H33N3O4S/c1-27(26(32)28-18-9-7-5-4-6-8-10-18)17-29-20-13-14-35-24(20)16-21(29)25(31)30(27)19-11-12-22(33-2)23(15-19)34-3/h11-16,18H,4-10,17H2,1-3H3,(H,28,32). The highest BCUT2D eigenvalue weighted by atomic mass is 32.1. The molecule has 0 spiro atoms. The maximum atomic E-state index is 14.0. The van der Waals surface area contributed by atoms with Gasteiger partial charge in [0.1, 0.15) is 11.2 Å². The minimum Gasteiger partial charge on any atom is -0.493 e. The molecule has 8 heteroatoms. The summed E-state index contributed by atoms with van der Waals surface area (Å²) in [4.78, 5) is 29.7. The summed E-state index contributed by atoms with van der Waals surface area (Å²) in [6.45, 7) is 2.25. The molecule has 2 aromatic heterocycles. The van der Waals surface area contributed by atoms with Crippen LogP contribution in [0, 0.1) is 0 Å². The number of methoxy groups -OCH3 is 2. The molecular weight excluding hydrogens is 462 g/mol. The third-order valence-electron chi connectivity index (χ3n) is 7.46. The summed E-state index contributed by atoms with van der Waals surface area (Å²) in [5, 5.41) is 5.36. The van der Waals surface area contributed by atoms with Gasteiger partial charge in [-0.25, -0.2) is 0 Å². The molecule has 1 unspecified atom stereocenters. The van der Waals surface area contributed by atoms with E-state index in [9.17, 15) is 9.59 Å². The van der Waals surface area contributed by atoms with E-state index in [1.807, 2.05) is 35.1 Å². The minimum atomic E-state index is -1.11. The predicted molar refractivity (Wildman–Crippen MR) is 139 cm³/mol. The summed E-state index contributed by atoms with van der Waals surface area (Å²) in [5.41, 5.74) is 1.09. The molecule has 35 heavy (non-hydrogen) atoms. The van der Waals surface area contributed by atoms with E-state index in [2.05, 4.69) is 5.32 Å². The lowest BCUT2D eigenvalue weighted by Gasteiger charge is -2.44. The summed E-state index contributed by atoms with van der Waals surface area (Å²) in [7, 11) is 3.15. The first-order valence-corrected chi connectivity index (χ1v) is 13.3. The summed E-state index contributed by atoms with van der Waals surface area (Å²) in [5.74, 6) is 0.781. The van der Waals surface area contributed by atoms with Gasteiger partial charge in [-0.1, -0.05) is 32.1 Å². The maximum absolute atomic E-state index is 14.0. The van der Waals surface area contributed by atoms with Crippen LogP contribution in [0.2, 0.25) is 0 Å². The van der Waals surface area contributed by atoms with Crippen molar-refractivity contribution in [1.29, 1.82) is 0 Å². The highest BCUT2D eigenvalue weighted by Crippen LogP contribution is 2.40. The van der Waals surface area contributed by atoms with Crippen molar-refractivity contribution in [2.75, 3.05) is 19.1 Å². The molecule has 1 aliphatic carbocycles. The number of nitrogens with one attached hydrogen (secondary N) is 1. The van der Waals surface area contributed by atoms with Crippen LogP contribution < -0.4 is 19.7 Å². The van der Waals surface area contributed by atoms with Crippen molar-refractivity contribution in [3.8, 4) is 11.5 Å². The zero-order valence-corrected chi connectivity index (χ0v) is 21.5. The fraction of sp³-hybridized carbons (Fsp3) is 0.481. The van der Waals surface area contributed by atoms with Crippen LogP contribution in [-0.4, -0.2) is 42.2 Å². The third-order valence-corrected chi connectivity index (χ3v) is 8.31. The molecule has 0 radical (unpaired) electrons. The number of amides is 2. The Bertz CT molecular complexity index is 1240. The molecule has 186 valence electrons. The zero-order chi connectivity index (χ0) is 24.6. The van der Waals surface area contributed by atoms with Crippen LogP contribution in [0.1, 0.15) is 62.4 Å². The molecule has 1 aromatic carbocycles.